The Labute approximate surface area is 171 Å². The molecular formula is C19H20N4O3S2. The van der Waals surface area contributed by atoms with Gasteiger partial charge < -0.3 is 10.1 Å². The summed E-state index contributed by atoms with van der Waals surface area (Å²) in [5.74, 6) is 0.00617. The lowest BCUT2D eigenvalue weighted by molar-refractivity contribution is -0.118. The molecule has 0 aliphatic rings. The summed E-state index contributed by atoms with van der Waals surface area (Å²) in [5, 5.41) is 11.8. The van der Waals surface area contributed by atoms with Gasteiger partial charge in [-0.3, -0.25) is 14.5 Å². The Balaban J connectivity index is 1.73. The smallest absolute Gasteiger partial charge is 0.338 e. The molecule has 2 aromatic heterocycles. The van der Waals surface area contributed by atoms with Gasteiger partial charge in [-0.05, 0) is 61.3 Å². The van der Waals surface area contributed by atoms with Crippen LogP contribution in [0.1, 0.15) is 36.7 Å². The molecule has 0 spiro atoms. The number of amides is 1. The van der Waals surface area contributed by atoms with E-state index in [-0.39, 0.29) is 11.9 Å². The van der Waals surface area contributed by atoms with E-state index in [9.17, 15) is 9.59 Å². The Bertz CT molecular complexity index is 1010. The van der Waals surface area contributed by atoms with Gasteiger partial charge in [-0.1, -0.05) is 13.0 Å². The van der Waals surface area contributed by atoms with E-state index in [1.807, 2.05) is 24.4 Å². The highest BCUT2D eigenvalue weighted by Gasteiger charge is 2.21. The highest BCUT2D eigenvalue weighted by Crippen LogP contribution is 2.26. The van der Waals surface area contributed by atoms with Crippen LogP contribution < -0.4 is 5.32 Å². The minimum absolute atomic E-state index is 0.239. The summed E-state index contributed by atoms with van der Waals surface area (Å²) in [6.07, 6.45) is 0.766. The van der Waals surface area contributed by atoms with E-state index in [1.165, 1.54) is 11.3 Å². The molecule has 7 nitrogen and oxygen atoms in total. The van der Waals surface area contributed by atoms with E-state index in [0.29, 0.717) is 28.5 Å². The van der Waals surface area contributed by atoms with Crippen LogP contribution in [0.3, 0.4) is 0 Å². The maximum Gasteiger partial charge on any atom is 0.338 e. The summed E-state index contributed by atoms with van der Waals surface area (Å²) in [6.45, 7) is 4.07. The largest absolute Gasteiger partial charge is 0.462 e. The molecular weight excluding hydrogens is 396 g/mol. The van der Waals surface area contributed by atoms with E-state index in [4.69, 9.17) is 17.0 Å². The number of aromatic nitrogens is 3. The van der Waals surface area contributed by atoms with Gasteiger partial charge in [-0.2, -0.15) is 5.10 Å². The summed E-state index contributed by atoms with van der Waals surface area (Å²) in [5.41, 5.74) is 1.02. The number of hydrogen-bond acceptors (Lipinski definition) is 6. The zero-order valence-corrected chi connectivity index (χ0v) is 17.1. The van der Waals surface area contributed by atoms with Gasteiger partial charge in [0.1, 0.15) is 6.04 Å². The van der Waals surface area contributed by atoms with Crippen molar-refractivity contribution < 1.29 is 14.3 Å². The number of carbonyl (C=O) groups is 2. The average molecular weight is 417 g/mol. The number of ether oxygens (including phenoxy) is 1. The van der Waals surface area contributed by atoms with Gasteiger partial charge >= 0.3 is 5.97 Å². The average Bonchev–Trinajstić information content (AvgIpc) is 3.35. The molecule has 1 atom stereocenters. The van der Waals surface area contributed by atoms with Crippen molar-refractivity contribution in [2.75, 3.05) is 11.9 Å². The van der Waals surface area contributed by atoms with Crippen molar-refractivity contribution in [2.24, 2.45) is 0 Å². The number of nitrogens with one attached hydrogen (secondary N) is 2. The van der Waals surface area contributed by atoms with Gasteiger partial charge in [0.15, 0.2) is 10.6 Å². The van der Waals surface area contributed by atoms with Gasteiger partial charge in [0, 0.05) is 5.69 Å². The molecule has 0 aliphatic heterocycles. The first kappa shape index (κ1) is 20.0. The fourth-order valence-electron chi connectivity index (χ4n) is 2.58. The van der Waals surface area contributed by atoms with Gasteiger partial charge in [-0.25, -0.2) is 4.79 Å². The molecule has 0 saturated carbocycles. The predicted molar refractivity (Wildman–Crippen MR) is 111 cm³/mol. The summed E-state index contributed by atoms with van der Waals surface area (Å²) in [6, 6.07) is 9.85. The number of esters is 1. The molecule has 1 amide bonds. The summed E-state index contributed by atoms with van der Waals surface area (Å²) < 4.78 is 7.16. The molecule has 2 heterocycles. The second-order valence-electron chi connectivity index (χ2n) is 6.08. The monoisotopic (exact) mass is 416 g/mol. The number of anilines is 1. The Morgan fingerprint density at radius 2 is 2.07 bits per heavy atom. The van der Waals surface area contributed by atoms with Crippen LogP contribution in [0.4, 0.5) is 5.69 Å². The number of nitrogens with zero attached hydrogens (tertiary/aromatic N) is 2. The van der Waals surface area contributed by atoms with Crippen LogP contribution in [0.2, 0.25) is 0 Å². The SMILES string of the molecule is CCCOC(=O)c1ccc(NC(=O)C(C)n2c(-c3cccs3)n[nH]c2=S)cc1. The van der Waals surface area contributed by atoms with E-state index in [2.05, 4.69) is 15.5 Å². The maximum atomic E-state index is 12.7. The Morgan fingerprint density at radius 3 is 2.71 bits per heavy atom. The molecule has 0 saturated heterocycles. The van der Waals surface area contributed by atoms with E-state index < -0.39 is 6.04 Å². The second-order valence-corrected chi connectivity index (χ2v) is 7.41. The third-order valence-corrected chi connectivity index (χ3v) is 5.19. The molecule has 28 heavy (non-hydrogen) atoms. The molecule has 0 radical (unpaired) electrons. The third-order valence-electron chi connectivity index (χ3n) is 4.04. The number of aromatic amines is 1. The highest BCUT2D eigenvalue weighted by molar-refractivity contribution is 7.71. The lowest BCUT2D eigenvalue weighted by atomic mass is 10.2. The van der Waals surface area contributed by atoms with Gasteiger partial charge in [0.25, 0.3) is 0 Å². The highest BCUT2D eigenvalue weighted by atomic mass is 32.1. The molecule has 0 bridgehead atoms. The van der Waals surface area contributed by atoms with Crippen molar-refractivity contribution in [1.82, 2.24) is 14.8 Å². The normalized spacial score (nSPS) is 11.8. The molecule has 2 N–H and O–H groups in total. The molecule has 3 aromatic rings. The lowest BCUT2D eigenvalue weighted by Gasteiger charge is -2.15. The molecule has 146 valence electrons. The van der Waals surface area contributed by atoms with Crippen LogP contribution in [0, 0.1) is 4.77 Å². The zero-order chi connectivity index (χ0) is 20.1. The van der Waals surface area contributed by atoms with E-state index in [0.717, 1.165) is 11.3 Å². The summed E-state index contributed by atoms with van der Waals surface area (Å²) >= 11 is 6.83. The van der Waals surface area contributed by atoms with Gasteiger partial charge in [0.2, 0.25) is 5.91 Å². The summed E-state index contributed by atoms with van der Waals surface area (Å²) in [7, 11) is 0. The standard InChI is InChI=1S/C19H20N4O3S2/c1-3-10-26-18(25)13-6-8-14(9-7-13)20-17(24)12(2)23-16(21-22-19(23)27)15-5-4-11-28-15/h4-9,11-12H,3,10H2,1-2H3,(H,20,24)(H,22,27). The van der Waals surface area contributed by atoms with Crippen molar-refractivity contribution in [3.8, 4) is 10.7 Å². The van der Waals surface area contributed by atoms with E-state index >= 15 is 0 Å². The van der Waals surface area contributed by atoms with Crippen LogP contribution in [-0.4, -0.2) is 33.2 Å². The Kier molecular flexibility index (Phi) is 6.37. The lowest BCUT2D eigenvalue weighted by Crippen LogP contribution is -2.24. The molecule has 0 aliphatic carbocycles. The second kappa shape index (κ2) is 8.94. The minimum Gasteiger partial charge on any atom is -0.462 e. The van der Waals surface area contributed by atoms with Gasteiger partial charge in [0.05, 0.1) is 17.0 Å². The van der Waals surface area contributed by atoms with Crippen LogP contribution in [-0.2, 0) is 9.53 Å². The first-order valence-electron chi connectivity index (χ1n) is 8.80. The van der Waals surface area contributed by atoms with Gasteiger partial charge in [-0.15, -0.1) is 11.3 Å². The third kappa shape index (κ3) is 4.37. The molecule has 3 rings (SSSR count). The van der Waals surface area contributed by atoms with Crippen molar-refractivity contribution in [2.45, 2.75) is 26.3 Å². The Morgan fingerprint density at radius 1 is 1.32 bits per heavy atom. The first-order chi connectivity index (χ1) is 13.5. The topological polar surface area (TPSA) is 89.0 Å². The number of H-pyrrole nitrogens is 1. The fraction of sp³-hybridized carbons (Fsp3) is 0.263. The number of thiophene rings is 1. The van der Waals surface area contributed by atoms with Crippen molar-refractivity contribution in [3.63, 3.8) is 0 Å². The van der Waals surface area contributed by atoms with Crippen LogP contribution in [0.15, 0.2) is 41.8 Å². The predicted octanol–water partition coefficient (Wildman–Crippen LogP) is 4.44. The van der Waals surface area contributed by atoms with Crippen LogP contribution in [0.25, 0.3) is 10.7 Å². The first-order valence-corrected chi connectivity index (χ1v) is 10.1. The maximum absolute atomic E-state index is 12.7. The summed E-state index contributed by atoms with van der Waals surface area (Å²) in [4.78, 5) is 25.5. The molecule has 1 aromatic carbocycles. The minimum atomic E-state index is -0.572. The molecule has 0 fully saturated rings. The van der Waals surface area contributed by atoms with Crippen molar-refractivity contribution in [3.05, 3.63) is 52.1 Å². The fourth-order valence-corrected chi connectivity index (χ4v) is 3.58. The zero-order valence-electron chi connectivity index (χ0n) is 15.5. The number of carbonyl (C=O) groups excluding carboxylic acids is 2. The number of rotatable bonds is 7. The number of benzene rings is 1. The van der Waals surface area contributed by atoms with Crippen LogP contribution in [0.5, 0.6) is 0 Å². The van der Waals surface area contributed by atoms with Crippen molar-refractivity contribution in [1.29, 1.82) is 0 Å². The van der Waals surface area contributed by atoms with Crippen LogP contribution >= 0.6 is 23.6 Å². The number of hydrogen-bond donors (Lipinski definition) is 2. The van der Waals surface area contributed by atoms with E-state index in [1.54, 1.807) is 35.8 Å². The molecule has 1 unspecified atom stereocenters. The molecule has 9 heteroatoms. The van der Waals surface area contributed by atoms with Crippen molar-refractivity contribution >= 4 is 41.1 Å². The quantitative estimate of drug-likeness (QED) is 0.439. The Hall–Kier alpha value is -2.78.